The molecule has 0 spiro atoms. The summed E-state index contributed by atoms with van der Waals surface area (Å²) in [4.78, 5) is 23.8. The average Bonchev–Trinajstić information content (AvgIpc) is 2.65. The summed E-state index contributed by atoms with van der Waals surface area (Å²) in [7, 11) is 0. The normalized spacial score (nSPS) is 32.0. The van der Waals surface area contributed by atoms with Gasteiger partial charge in [0.25, 0.3) is 5.91 Å². The number of nitrogens with zero attached hydrogens (tertiary/aromatic N) is 1. The first-order valence-corrected chi connectivity index (χ1v) is 5.28. The summed E-state index contributed by atoms with van der Waals surface area (Å²) in [5, 5.41) is 8.84. The van der Waals surface area contributed by atoms with Crippen molar-refractivity contribution in [3.63, 3.8) is 0 Å². The number of carbonyl (C=O) groups excluding carboxylic acids is 1. The lowest BCUT2D eigenvalue weighted by molar-refractivity contribution is -0.143. The summed E-state index contributed by atoms with van der Waals surface area (Å²) in [6, 6.07) is 0.190. The number of carbonyl (C=O) groups is 2. The van der Waals surface area contributed by atoms with Gasteiger partial charge in [-0.25, -0.2) is 0 Å². The maximum atomic E-state index is 11.4. The topological polar surface area (TPSA) is 66.8 Å². The maximum Gasteiger partial charge on any atom is 0.306 e. The third kappa shape index (κ3) is 2.12. The Hall–Kier alpha value is -1.10. The monoisotopic (exact) mass is 213 g/mol. The number of rotatable bonds is 2. The zero-order valence-corrected chi connectivity index (χ0v) is 8.52. The Morgan fingerprint density at radius 1 is 1.33 bits per heavy atom. The van der Waals surface area contributed by atoms with Crippen LogP contribution in [0.5, 0.6) is 0 Å². The van der Waals surface area contributed by atoms with Crippen molar-refractivity contribution in [3.8, 4) is 0 Å². The highest BCUT2D eigenvalue weighted by Gasteiger charge is 2.33. The summed E-state index contributed by atoms with van der Waals surface area (Å²) in [5.41, 5.74) is 0. The van der Waals surface area contributed by atoms with Crippen LogP contribution in [0.4, 0.5) is 0 Å². The van der Waals surface area contributed by atoms with Gasteiger partial charge in [-0.15, -0.1) is 0 Å². The molecule has 1 saturated heterocycles. The van der Waals surface area contributed by atoms with Gasteiger partial charge in [-0.1, -0.05) is 0 Å². The van der Waals surface area contributed by atoms with Crippen LogP contribution in [0.3, 0.4) is 0 Å². The number of hydrogen-bond acceptors (Lipinski definition) is 3. The van der Waals surface area contributed by atoms with Crippen LogP contribution in [0.15, 0.2) is 0 Å². The van der Waals surface area contributed by atoms with Crippen molar-refractivity contribution in [2.75, 3.05) is 13.3 Å². The van der Waals surface area contributed by atoms with E-state index in [0.717, 1.165) is 12.8 Å². The Morgan fingerprint density at radius 3 is 2.47 bits per heavy atom. The Labute approximate surface area is 88.0 Å². The zero-order chi connectivity index (χ0) is 10.8. The van der Waals surface area contributed by atoms with E-state index in [9.17, 15) is 9.59 Å². The minimum absolute atomic E-state index is 0.0359. The molecule has 0 atom stereocenters. The van der Waals surface area contributed by atoms with Gasteiger partial charge >= 0.3 is 5.97 Å². The number of aliphatic carboxylic acids is 1. The summed E-state index contributed by atoms with van der Waals surface area (Å²) < 4.78 is 5.06. The highest BCUT2D eigenvalue weighted by atomic mass is 16.5. The first-order valence-electron chi connectivity index (χ1n) is 5.28. The molecule has 0 radical (unpaired) electrons. The van der Waals surface area contributed by atoms with Crippen LogP contribution in [0, 0.1) is 5.92 Å². The Morgan fingerprint density at radius 2 is 2.00 bits per heavy atom. The van der Waals surface area contributed by atoms with Gasteiger partial charge in [-0.2, -0.15) is 0 Å². The van der Waals surface area contributed by atoms with Crippen molar-refractivity contribution in [2.45, 2.75) is 31.7 Å². The lowest BCUT2D eigenvalue weighted by atomic mass is 9.85. The maximum absolute atomic E-state index is 11.4. The fraction of sp³-hybridized carbons (Fsp3) is 0.800. The van der Waals surface area contributed by atoms with E-state index < -0.39 is 5.97 Å². The van der Waals surface area contributed by atoms with Gasteiger partial charge < -0.3 is 14.7 Å². The van der Waals surface area contributed by atoms with Gasteiger partial charge in [0.15, 0.2) is 0 Å². The minimum atomic E-state index is -0.711. The number of amides is 1. The van der Waals surface area contributed by atoms with E-state index in [0.29, 0.717) is 19.6 Å². The second-order valence-corrected chi connectivity index (χ2v) is 4.18. The van der Waals surface area contributed by atoms with E-state index in [4.69, 9.17) is 9.84 Å². The number of ether oxygens (including phenoxy) is 1. The molecule has 84 valence electrons. The second kappa shape index (κ2) is 4.18. The van der Waals surface area contributed by atoms with Crippen molar-refractivity contribution in [1.82, 2.24) is 4.90 Å². The molecular weight excluding hydrogens is 198 g/mol. The van der Waals surface area contributed by atoms with E-state index in [1.54, 1.807) is 4.90 Å². The first-order chi connectivity index (χ1) is 7.18. The van der Waals surface area contributed by atoms with E-state index in [1.165, 1.54) is 0 Å². The van der Waals surface area contributed by atoms with Crippen molar-refractivity contribution in [3.05, 3.63) is 0 Å². The molecule has 1 heterocycles. The largest absolute Gasteiger partial charge is 0.481 e. The summed E-state index contributed by atoms with van der Waals surface area (Å²) in [6.45, 7) is 0.556. The molecule has 15 heavy (non-hydrogen) atoms. The van der Waals surface area contributed by atoms with Crippen molar-refractivity contribution < 1.29 is 19.4 Å². The van der Waals surface area contributed by atoms with Gasteiger partial charge in [-0.3, -0.25) is 9.59 Å². The second-order valence-electron chi connectivity index (χ2n) is 4.18. The van der Waals surface area contributed by atoms with Gasteiger partial charge in [0, 0.05) is 6.04 Å². The molecule has 0 bridgehead atoms. The molecule has 5 heteroatoms. The Balaban J connectivity index is 1.87. The average molecular weight is 213 g/mol. The van der Waals surface area contributed by atoms with Crippen LogP contribution in [0.1, 0.15) is 25.7 Å². The molecule has 0 unspecified atom stereocenters. The molecule has 5 nitrogen and oxygen atoms in total. The predicted molar refractivity (Wildman–Crippen MR) is 51.0 cm³/mol. The SMILES string of the molecule is O=C(O)C1CCC(N2COCC2=O)CC1. The van der Waals surface area contributed by atoms with Gasteiger partial charge in [0.05, 0.1) is 5.92 Å². The van der Waals surface area contributed by atoms with E-state index in [2.05, 4.69) is 0 Å². The molecule has 1 saturated carbocycles. The highest BCUT2D eigenvalue weighted by Crippen LogP contribution is 2.28. The summed E-state index contributed by atoms with van der Waals surface area (Å²) >= 11 is 0. The Kier molecular flexibility index (Phi) is 2.90. The molecule has 2 fully saturated rings. The van der Waals surface area contributed by atoms with Crippen LogP contribution >= 0.6 is 0 Å². The molecule has 0 aromatic carbocycles. The molecule has 1 amide bonds. The third-order valence-electron chi connectivity index (χ3n) is 3.26. The molecular formula is C10H15NO4. The molecule has 2 rings (SSSR count). The van der Waals surface area contributed by atoms with Crippen LogP contribution < -0.4 is 0 Å². The molecule has 2 aliphatic rings. The zero-order valence-electron chi connectivity index (χ0n) is 8.52. The first kappa shape index (κ1) is 10.4. The van der Waals surface area contributed by atoms with Crippen molar-refractivity contribution >= 4 is 11.9 Å². The molecule has 0 aromatic heterocycles. The Bertz CT molecular complexity index is 271. The standard InChI is InChI=1S/C10H15NO4/c12-9-5-15-6-11(9)8-3-1-7(2-4-8)10(13)14/h7-8H,1-6H2,(H,13,14). The van der Waals surface area contributed by atoms with Gasteiger partial charge in [0.2, 0.25) is 0 Å². The van der Waals surface area contributed by atoms with Gasteiger partial charge in [-0.05, 0) is 25.7 Å². The molecule has 0 aromatic rings. The summed E-state index contributed by atoms with van der Waals surface area (Å²) in [6.07, 6.45) is 2.91. The van der Waals surface area contributed by atoms with Crippen LogP contribution in [-0.2, 0) is 14.3 Å². The highest BCUT2D eigenvalue weighted by molar-refractivity contribution is 5.79. The fourth-order valence-electron chi connectivity index (χ4n) is 2.33. The lowest BCUT2D eigenvalue weighted by Gasteiger charge is -2.32. The van der Waals surface area contributed by atoms with Crippen LogP contribution in [0.2, 0.25) is 0 Å². The smallest absolute Gasteiger partial charge is 0.306 e. The van der Waals surface area contributed by atoms with E-state index in [1.807, 2.05) is 0 Å². The molecule has 1 N–H and O–H groups in total. The van der Waals surface area contributed by atoms with Crippen LogP contribution in [0.25, 0.3) is 0 Å². The number of carboxylic acids is 1. The summed E-state index contributed by atoms with van der Waals surface area (Å²) in [5.74, 6) is -0.897. The van der Waals surface area contributed by atoms with Crippen molar-refractivity contribution in [2.24, 2.45) is 5.92 Å². The lowest BCUT2D eigenvalue weighted by Crippen LogP contribution is -2.40. The fourth-order valence-corrected chi connectivity index (χ4v) is 2.33. The number of hydrogen-bond donors (Lipinski definition) is 1. The van der Waals surface area contributed by atoms with Crippen molar-refractivity contribution in [1.29, 1.82) is 0 Å². The van der Waals surface area contributed by atoms with E-state index in [-0.39, 0.29) is 24.5 Å². The van der Waals surface area contributed by atoms with Crippen LogP contribution in [-0.4, -0.2) is 41.3 Å². The minimum Gasteiger partial charge on any atom is -0.481 e. The third-order valence-corrected chi connectivity index (χ3v) is 3.26. The molecule has 1 aliphatic heterocycles. The predicted octanol–water partition coefficient (Wildman–Crippen LogP) is 0.446. The molecule has 1 aliphatic carbocycles. The van der Waals surface area contributed by atoms with Gasteiger partial charge in [0.1, 0.15) is 13.3 Å². The number of carboxylic acid groups (broad SMARTS) is 1. The quantitative estimate of drug-likeness (QED) is 0.723. The van der Waals surface area contributed by atoms with E-state index >= 15 is 0 Å².